The second-order valence-electron chi connectivity index (χ2n) is 2.35. The fourth-order valence-corrected chi connectivity index (χ4v) is 0.699. The number of hydrogen-bond acceptors (Lipinski definition) is 3. The summed E-state index contributed by atoms with van der Waals surface area (Å²) in [4.78, 5) is 7.93. The third-order valence-corrected chi connectivity index (χ3v) is 1.70. The van der Waals surface area contributed by atoms with Crippen LogP contribution in [0.25, 0.3) is 0 Å². The molecule has 0 saturated heterocycles. The Hall–Kier alpha value is -0.860. The molecule has 2 atom stereocenters. The van der Waals surface area contributed by atoms with E-state index in [1.54, 1.807) is 0 Å². The van der Waals surface area contributed by atoms with Crippen molar-refractivity contribution < 1.29 is 0 Å². The van der Waals surface area contributed by atoms with Gasteiger partial charge in [0.1, 0.15) is 12.2 Å². The van der Waals surface area contributed by atoms with Crippen molar-refractivity contribution in [1.29, 1.82) is 0 Å². The van der Waals surface area contributed by atoms with E-state index in [0.29, 0.717) is 17.8 Å². The molecule has 9 heavy (non-hydrogen) atoms. The Kier molecular flexibility index (Phi) is 1.51. The van der Waals surface area contributed by atoms with Crippen molar-refractivity contribution in [3.8, 4) is 0 Å². The molecule has 0 aromatic rings. The van der Waals surface area contributed by atoms with Crippen molar-refractivity contribution in [3.63, 3.8) is 0 Å². The number of nitrogens with two attached hydrogens (primary N) is 1. The zero-order valence-electron chi connectivity index (χ0n) is 5.70. The maximum absolute atomic E-state index is 5.53. The average molecular weight is 125 g/mol. The summed E-state index contributed by atoms with van der Waals surface area (Å²) in [7, 11) is 0. The summed E-state index contributed by atoms with van der Waals surface area (Å²) in [6.45, 7) is 4.06. The van der Waals surface area contributed by atoms with E-state index in [1.807, 2.05) is 13.8 Å². The highest BCUT2D eigenvalue weighted by Gasteiger charge is 2.16. The van der Waals surface area contributed by atoms with Crippen LogP contribution in [0.15, 0.2) is 9.98 Å². The molecule has 3 heteroatoms. The molecule has 0 fully saturated rings. The van der Waals surface area contributed by atoms with E-state index in [-0.39, 0.29) is 0 Å². The van der Waals surface area contributed by atoms with Gasteiger partial charge in [0.05, 0.1) is 6.04 Å². The minimum atomic E-state index is 0.294. The van der Waals surface area contributed by atoms with Crippen molar-refractivity contribution in [1.82, 2.24) is 0 Å². The van der Waals surface area contributed by atoms with Crippen molar-refractivity contribution in [2.45, 2.75) is 19.9 Å². The van der Waals surface area contributed by atoms with Gasteiger partial charge in [-0.1, -0.05) is 6.92 Å². The van der Waals surface area contributed by atoms with Crippen molar-refractivity contribution >= 4 is 12.2 Å². The van der Waals surface area contributed by atoms with Crippen LogP contribution in [0.4, 0.5) is 0 Å². The Balaban J connectivity index is 2.73. The maximum Gasteiger partial charge on any atom is 0.112 e. The summed E-state index contributed by atoms with van der Waals surface area (Å²) in [6, 6.07) is 0.294. The molecule has 0 aromatic carbocycles. The Morgan fingerprint density at radius 1 is 1.56 bits per heavy atom. The molecular weight excluding hydrogens is 114 g/mol. The lowest BCUT2D eigenvalue weighted by molar-refractivity contribution is 0.605. The van der Waals surface area contributed by atoms with Crippen LogP contribution in [0.3, 0.4) is 0 Å². The van der Waals surface area contributed by atoms with E-state index < -0.39 is 0 Å². The number of rotatable bonds is 0. The highest BCUT2D eigenvalue weighted by atomic mass is 15.0. The quantitative estimate of drug-likeness (QED) is 0.501. The minimum Gasteiger partial charge on any atom is -0.387 e. The molecule has 3 nitrogen and oxygen atoms in total. The molecule has 50 valence electrons. The third-order valence-electron chi connectivity index (χ3n) is 1.70. The van der Waals surface area contributed by atoms with Crippen LogP contribution < -0.4 is 5.73 Å². The standard InChI is InChI=1S/C6H11N3/c1-4-5(2)8-3-9-6(4)7/h3-5H,1-2H3,(H2,7,8,9). The molecule has 1 heterocycles. The summed E-state index contributed by atoms with van der Waals surface area (Å²) >= 11 is 0. The monoisotopic (exact) mass is 125 g/mol. The highest BCUT2D eigenvalue weighted by molar-refractivity contribution is 5.91. The predicted octanol–water partition coefficient (Wildman–Crippen LogP) is 0.410. The molecule has 1 rings (SSSR count). The second-order valence-corrected chi connectivity index (χ2v) is 2.35. The number of hydrogen-bond donors (Lipinski definition) is 1. The average Bonchev–Trinajstić information content (AvgIpc) is 1.83. The summed E-state index contributed by atoms with van der Waals surface area (Å²) in [5.74, 6) is 0.993. The van der Waals surface area contributed by atoms with Gasteiger partial charge in [-0.15, -0.1) is 0 Å². The van der Waals surface area contributed by atoms with E-state index in [0.717, 1.165) is 0 Å². The van der Waals surface area contributed by atoms with Crippen LogP contribution in [0.1, 0.15) is 13.8 Å². The van der Waals surface area contributed by atoms with E-state index in [9.17, 15) is 0 Å². The number of amidine groups is 1. The van der Waals surface area contributed by atoms with E-state index in [1.165, 1.54) is 6.34 Å². The normalized spacial score (nSPS) is 34.2. The largest absolute Gasteiger partial charge is 0.387 e. The minimum absolute atomic E-state index is 0.294. The van der Waals surface area contributed by atoms with Gasteiger partial charge >= 0.3 is 0 Å². The third kappa shape index (κ3) is 1.09. The molecule has 1 aliphatic rings. The Labute approximate surface area is 54.7 Å². The van der Waals surface area contributed by atoms with Gasteiger partial charge in [0.25, 0.3) is 0 Å². The molecule has 0 aliphatic carbocycles. The van der Waals surface area contributed by atoms with E-state index >= 15 is 0 Å². The van der Waals surface area contributed by atoms with Crippen LogP contribution in [0.2, 0.25) is 0 Å². The first-order valence-electron chi connectivity index (χ1n) is 3.06. The van der Waals surface area contributed by atoms with Crippen LogP contribution in [-0.4, -0.2) is 18.2 Å². The fourth-order valence-electron chi connectivity index (χ4n) is 0.699. The van der Waals surface area contributed by atoms with Crippen molar-refractivity contribution in [2.75, 3.05) is 0 Å². The Bertz CT molecular complexity index is 160. The molecule has 0 radical (unpaired) electrons. The zero-order chi connectivity index (χ0) is 6.85. The van der Waals surface area contributed by atoms with Gasteiger partial charge in [-0.2, -0.15) is 0 Å². The zero-order valence-corrected chi connectivity index (χ0v) is 5.70. The lowest BCUT2D eigenvalue weighted by atomic mass is 10.0. The Morgan fingerprint density at radius 2 is 2.22 bits per heavy atom. The number of nitrogens with zero attached hydrogens (tertiary/aromatic N) is 2. The van der Waals surface area contributed by atoms with Gasteiger partial charge in [0.2, 0.25) is 0 Å². The van der Waals surface area contributed by atoms with Crippen LogP contribution in [0, 0.1) is 5.92 Å². The molecule has 0 bridgehead atoms. The van der Waals surface area contributed by atoms with Gasteiger partial charge in [0, 0.05) is 5.92 Å². The highest BCUT2D eigenvalue weighted by Crippen LogP contribution is 2.08. The lowest BCUT2D eigenvalue weighted by Gasteiger charge is -2.17. The van der Waals surface area contributed by atoms with Gasteiger partial charge in [0.15, 0.2) is 0 Å². The van der Waals surface area contributed by atoms with Gasteiger partial charge < -0.3 is 5.73 Å². The first-order valence-corrected chi connectivity index (χ1v) is 3.06. The Morgan fingerprint density at radius 3 is 2.67 bits per heavy atom. The van der Waals surface area contributed by atoms with E-state index in [4.69, 9.17) is 5.73 Å². The van der Waals surface area contributed by atoms with Gasteiger partial charge in [-0.05, 0) is 6.92 Å². The maximum atomic E-state index is 5.53. The SMILES string of the molecule is CC1N=CN=C(N)C1C. The van der Waals surface area contributed by atoms with Crippen molar-refractivity contribution in [2.24, 2.45) is 21.6 Å². The summed E-state index contributed by atoms with van der Waals surface area (Å²) in [6.07, 6.45) is 1.53. The van der Waals surface area contributed by atoms with Crippen LogP contribution in [0.5, 0.6) is 0 Å². The predicted molar refractivity (Wildman–Crippen MR) is 38.7 cm³/mol. The molecule has 0 saturated carbocycles. The van der Waals surface area contributed by atoms with Crippen LogP contribution in [-0.2, 0) is 0 Å². The molecular formula is C6H11N3. The molecule has 0 spiro atoms. The number of aliphatic imine (C=N–C) groups is 2. The summed E-state index contributed by atoms with van der Waals surface area (Å²) in [5.41, 5.74) is 5.53. The van der Waals surface area contributed by atoms with E-state index in [2.05, 4.69) is 9.98 Å². The molecule has 0 amide bonds. The summed E-state index contributed by atoms with van der Waals surface area (Å²) in [5, 5.41) is 0. The first-order chi connectivity index (χ1) is 4.22. The first kappa shape index (κ1) is 6.26. The summed E-state index contributed by atoms with van der Waals surface area (Å²) < 4.78 is 0. The lowest BCUT2D eigenvalue weighted by Crippen LogP contribution is -2.31. The molecule has 0 aromatic heterocycles. The fraction of sp³-hybridized carbons (Fsp3) is 0.667. The topological polar surface area (TPSA) is 50.7 Å². The molecule has 2 unspecified atom stereocenters. The van der Waals surface area contributed by atoms with Crippen LogP contribution >= 0.6 is 0 Å². The smallest absolute Gasteiger partial charge is 0.112 e. The second kappa shape index (κ2) is 2.17. The van der Waals surface area contributed by atoms with Crippen molar-refractivity contribution in [3.05, 3.63) is 0 Å². The van der Waals surface area contributed by atoms with Gasteiger partial charge in [-0.25, -0.2) is 4.99 Å². The molecule has 2 N–H and O–H groups in total. The van der Waals surface area contributed by atoms with Gasteiger partial charge in [-0.3, -0.25) is 4.99 Å². The molecule has 1 aliphatic heterocycles.